The van der Waals surface area contributed by atoms with Crippen LogP contribution in [0.25, 0.3) is 0 Å². The number of nitrogens with zero attached hydrogens (tertiary/aromatic N) is 3. The first kappa shape index (κ1) is 13.4. The number of hydrogen-bond acceptors (Lipinski definition) is 4. The SMILES string of the molecule is CC(C)N1CCN2c3ncc(C4CC4)cc3OCCC2C1. The Balaban J connectivity index is 1.61. The molecule has 4 nitrogen and oxygen atoms in total. The third-order valence-electron chi connectivity index (χ3n) is 5.13. The number of aromatic nitrogens is 1. The highest BCUT2D eigenvalue weighted by Crippen LogP contribution is 2.43. The first-order valence-corrected chi connectivity index (χ1v) is 8.36. The predicted octanol–water partition coefficient (Wildman–Crippen LogP) is 2.64. The molecule has 3 aliphatic rings. The second kappa shape index (κ2) is 5.16. The van der Waals surface area contributed by atoms with Crippen molar-refractivity contribution < 1.29 is 4.74 Å². The van der Waals surface area contributed by atoms with Crippen LogP contribution in [0.2, 0.25) is 0 Å². The fourth-order valence-electron chi connectivity index (χ4n) is 3.59. The maximum Gasteiger partial charge on any atom is 0.171 e. The van der Waals surface area contributed by atoms with Crippen LogP contribution < -0.4 is 9.64 Å². The van der Waals surface area contributed by atoms with Crippen molar-refractivity contribution in [2.75, 3.05) is 31.1 Å². The molecule has 21 heavy (non-hydrogen) atoms. The predicted molar refractivity (Wildman–Crippen MR) is 84.2 cm³/mol. The minimum atomic E-state index is 0.543. The number of rotatable bonds is 2. The van der Waals surface area contributed by atoms with Gasteiger partial charge in [-0.25, -0.2) is 4.98 Å². The molecule has 1 aromatic heterocycles. The van der Waals surface area contributed by atoms with Crippen LogP contribution >= 0.6 is 0 Å². The van der Waals surface area contributed by atoms with Gasteiger partial charge in [0.25, 0.3) is 0 Å². The molecule has 2 aliphatic heterocycles. The van der Waals surface area contributed by atoms with Gasteiger partial charge in [0.05, 0.1) is 6.61 Å². The van der Waals surface area contributed by atoms with Crippen LogP contribution in [-0.2, 0) is 0 Å². The Bertz CT molecular complexity index is 527. The highest BCUT2D eigenvalue weighted by Gasteiger charge is 2.33. The molecule has 114 valence electrons. The van der Waals surface area contributed by atoms with Crippen molar-refractivity contribution in [3.63, 3.8) is 0 Å². The monoisotopic (exact) mass is 287 g/mol. The van der Waals surface area contributed by atoms with E-state index in [4.69, 9.17) is 9.72 Å². The summed E-state index contributed by atoms with van der Waals surface area (Å²) in [7, 11) is 0. The fraction of sp³-hybridized carbons (Fsp3) is 0.706. The molecule has 4 heteroatoms. The first-order valence-electron chi connectivity index (χ1n) is 8.36. The van der Waals surface area contributed by atoms with Gasteiger partial charge < -0.3 is 9.64 Å². The summed E-state index contributed by atoms with van der Waals surface area (Å²) in [4.78, 5) is 9.84. The summed E-state index contributed by atoms with van der Waals surface area (Å²) in [6, 6.07) is 3.42. The molecule has 3 heterocycles. The Kier molecular flexibility index (Phi) is 3.29. The maximum absolute atomic E-state index is 6.03. The van der Waals surface area contributed by atoms with E-state index in [-0.39, 0.29) is 0 Å². The second-order valence-electron chi connectivity index (χ2n) is 6.94. The lowest BCUT2D eigenvalue weighted by Gasteiger charge is -2.42. The van der Waals surface area contributed by atoms with Gasteiger partial charge in [-0.1, -0.05) is 0 Å². The molecule has 1 aromatic rings. The average Bonchev–Trinajstić information content (AvgIpc) is 3.32. The lowest BCUT2D eigenvalue weighted by Crippen LogP contribution is -2.55. The largest absolute Gasteiger partial charge is 0.490 e. The Morgan fingerprint density at radius 3 is 2.86 bits per heavy atom. The van der Waals surface area contributed by atoms with Crippen LogP contribution in [0, 0.1) is 0 Å². The standard InChI is InChI=1S/C17H25N3O/c1-12(2)19-6-7-20-15(11-19)5-8-21-16-9-14(13-3-4-13)10-18-17(16)20/h9-10,12-13,15H,3-8,11H2,1-2H3. The maximum atomic E-state index is 6.03. The summed E-state index contributed by atoms with van der Waals surface area (Å²) in [5.74, 6) is 2.83. The van der Waals surface area contributed by atoms with Gasteiger partial charge in [0.1, 0.15) is 0 Å². The molecular formula is C17H25N3O. The van der Waals surface area contributed by atoms with Crippen molar-refractivity contribution in [3.8, 4) is 5.75 Å². The van der Waals surface area contributed by atoms with Gasteiger partial charge in [0.15, 0.2) is 11.6 Å². The van der Waals surface area contributed by atoms with Crippen LogP contribution in [0.15, 0.2) is 12.3 Å². The summed E-state index contributed by atoms with van der Waals surface area (Å²) >= 11 is 0. The molecule has 0 amide bonds. The molecular weight excluding hydrogens is 262 g/mol. The van der Waals surface area contributed by atoms with Gasteiger partial charge in [0.2, 0.25) is 0 Å². The van der Waals surface area contributed by atoms with E-state index in [0.29, 0.717) is 12.1 Å². The summed E-state index contributed by atoms with van der Waals surface area (Å²) in [5.41, 5.74) is 1.37. The molecule has 0 N–H and O–H groups in total. The van der Waals surface area contributed by atoms with Crippen LogP contribution in [0.1, 0.15) is 44.6 Å². The zero-order valence-electron chi connectivity index (χ0n) is 13.1. The van der Waals surface area contributed by atoms with E-state index in [9.17, 15) is 0 Å². The van der Waals surface area contributed by atoms with Crippen LogP contribution in [-0.4, -0.2) is 48.2 Å². The average molecular weight is 287 g/mol. The van der Waals surface area contributed by atoms with Crippen LogP contribution in [0.4, 0.5) is 5.82 Å². The number of fused-ring (bicyclic) bond motifs is 3. The van der Waals surface area contributed by atoms with Gasteiger partial charge in [-0.15, -0.1) is 0 Å². The molecule has 1 atom stereocenters. The molecule has 1 saturated heterocycles. The van der Waals surface area contributed by atoms with Gasteiger partial charge in [-0.05, 0) is 44.2 Å². The van der Waals surface area contributed by atoms with E-state index in [1.165, 1.54) is 18.4 Å². The topological polar surface area (TPSA) is 28.6 Å². The van der Waals surface area contributed by atoms with Gasteiger partial charge in [-0.2, -0.15) is 0 Å². The molecule has 2 fully saturated rings. The van der Waals surface area contributed by atoms with E-state index in [0.717, 1.165) is 50.1 Å². The molecule has 4 rings (SSSR count). The third-order valence-corrected chi connectivity index (χ3v) is 5.13. The number of ether oxygens (including phenoxy) is 1. The first-order chi connectivity index (χ1) is 10.2. The highest BCUT2D eigenvalue weighted by atomic mass is 16.5. The summed E-state index contributed by atoms with van der Waals surface area (Å²) in [6.07, 6.45) is 5.81. The minimum absolute atomic E-state index is 0.543. The van der Waals surface area contributed by atoms with Crippen molar-refractivity contribution in [1.29, 1.82) is 0 Å². The highest BCUT2D eigenvalue weighted by molar-refractivity contribution is 5.56. The van der Waals surface area contributed by atoms with E-state index in [1.807, 2.05) is 0 Å². The summed E-state index contributed by atoms with van der Waals surface area (Å²) in [6.45, 7) is 8.71. The quantitative estimate of drug-likeness (QED) is 0.836. The van der Waals surface area contributed by atoms with Crippen LogP contribution in [0.5, 0.6) is 5.75 Å². The van der Waals surface area contributed by atoms with Crippen molar-refractivity contribution in [2.24, 2.45) is 0 Å². The van der Waals surface area contributed by atoms with Crippen molar-refractivity contribution in [1.82, 2.24) is 9.88 Å². The fourth-order valence-corrected chi connectivity index (χ4v) is 3.59. The Hall–Kier alpha value is -1.29. The Morgan fingerprint density at radius 2 is 2.10 bits per heavy atom. The number of piperazine rings is 1. The van der Waals surface area contributed by atoms with E-state index >= 15 is 0 Å². The van der Waals surface area contributed by atoms with Gasteiger partial charge in [-0.3, -0.25) is 4.90 Å². The van der Waals surface area contributed by atoms with Gasteiger partial charge in [0, 0.05) is 44.3 Å². The normalized spacial score (nSPS) is 26.0. The van der Waals surface area contributed by atoms with Crippen molar-refractivity contribution in [2.45, 2.75) is 51.1 Å². The van der Waals surface area contributed by atoms with Crippen molar-refractivity contribution in [3.05, 3.63) is 17.8 Å². The van der Waals surface area contributed by atoms with Crippen LogP contribution in [0.3, 0.4) is 0 Å². The zero-order valence-corrected chi connectivity index (χ0v) is 13.1. The molecule has 1 unspecified atom stereocenters. The lowest BCUT2D eigenvalue weighted by molar-refractivity contribution is 0.172. The minimum Gasteiger partial charge on any atom is -0.490 e. The number of hydrogen-bond donors (Lipinski definition) is 0. The number of anilines is 1. The Labute approximate surface area is 127 Å². The smallest absolute Gasteiger partial charge is 0.171 e. The Morgan fingerprint density at radius 1 is 1.24 bits per heavy atom. The van der Waals surface area contributed by atoms with Crippen molar-refractivity contribution >= 4 is 5.82 Å². The molecule has 0 bridgehead atoms. The van der Waals surface area contributed by atoms with Gasteiger partial charge >= 0.3 is 0 Å². The zero-order chi connectivity index (χ0) is 14.4. The summed E-state index contributed by atoms with van der Waals surface area (Å²) in [5, 5.41) is 0. The molecule has 0 radical (unpaired) electrons. The second-order valence-corrected chi connectivity index (χ2v) is 6.94. The summed E-state index contributed by atoms with van der Waals surface area (Å²) < 4.78 is 6.03. The molecule has 0 spiro atoms. The third kappa shape index (κ3) is 2.50. The molecule has 0 aromatic carbocycles. The molecule has 1 saturated carbocycles. The lowest BCUT2D eigenvalue weighted by atomic mass is 10.1. The van der Waals surface area contributed by atoms with E-state index in [1.54, 1.807) is 0 Å². The van der Waals surface area contributed by atoms with E-state index in [2.05, 4.69) is 35.9 Å². The number of pyridine rings is 1. The molecule has 1 aliphatic carbocycles. The van der Waals surface area contributed by atoms with E-state index < -0.39 is 0 Å².